The van der Waals surface area contributed by atoms with Gasteiger partial charge in [-0.15, -0.1) is 0 Å². The zero-order chi connectivity index (χ0) is 23.4. The van der Waals surface area contributed by atoms with Crippen LogP contribution in [0, 0.1) is 5.92 Å². The Morgan fingerprint density at radius 1 is 1.06 bits per heavy atom. The molecule has 0 spiro atoms. The summed E-state index contributed by atoms with van der Waals surface area (Å²) in [4.78, 5) is 36.4. The molecule has 0 saturated carbocycles. The first-order valence-electron chi connectivity index (χ1n) is 11.3. The molecule has 0 bridgehead atoms. The molecule has 1 unspecified atom stereocenters. The summed E-state index contributed by atoms with van der Waals surface area (Å²) in [6.07, 6.45) is 4.09. The number of carbonyl (C=O) groups is 3. The van der Waals surface area contributed by atoms with Crippen molar-refractivity contribution >= 4 is 18.0 Å². The first-order chi connectivity index (χ1) is 16.0. The fraction of sp³-hybridized carbons (Fsp3) is 0.346. The number of hydrogen-bond acceptors (Lipinski definition) is 4. The monoisotopic (exact) mass is 448 g/mol. The van der Waals surface area contributed by atoms with Gasteiger partial charge in [-0.2, -0.15) is 0 Å². The van der Waals surface area contributed by atoms with Gasteiger partial charge in [0.25, 0.3) is 0 Å². The standard InChI is InChI=1S/C26H28N2O5/c1-2-23(24(29)27-17-9-7-8-16(14-17)25(30)31)28-26(32)33-15-22-20-12-5-3-10-18(20)19-11-4-6-13-21(19)22/h3-7,9-13,16-17,22-23H,2,8,14-15H2,1H3,(H,27,29)(H,28,32)(H,30,31)/t16-,17-,23?/m0/s1. The van der Waals surface area contributed by atoms with Crippen LogP contribution in [0.15, 0.2) is 60.7 Å². The Hall–Kier alpha value is -3.61. The summed E-state index contributed by atoms with van der Waals surface area (Å²) in [5.74, 6) is -1.80. The minimum Gasteiger partial charge on any atom is -0.481 e. The first kappa shape index (κ1) is 22.6. The van der Waals surface area contributed by atoms with E-state index >= 15 is 0 Å². The van der Waals surface area contributed by atoms with E-state index in [1.165, 1.54) is 0 Å². The second-order valence-electron chi connectivity index (χ2n) is 8.48. The molecule has 7 nitrogen and oxygen atoms in total. The van der Waals surface area contributed by atoms with Crippen molar-refractivity contribution in [2.24, 2.45) is 5.92 Å². The molecule has 2 aromatic rings. The predicted octanol–water partition coefficient (Wildman–Crippen LogP) is 3.84. The summed E-state index contributed by atoms with van der Waals surface area (Å²) in [6, 6.07) is 15.0. The normalized spacial score (nSPS) is 19.8. The molecule has 0 saturated heterocycles. The average Bonchev–Trinajstić information content (AvgIpc) is 3.15. The molecular formula is C26H28N2O5. The highest BCUT2D eigenvalue weighted by molar-refractivity contribution is 5.86. The van der Waals surface area contributed by atoms with Crippen molar-refractivity contribution in [2.75, 3.05) is 6.61 Å². The summed E-state index contributed by atoms with van der Waals surface area (Å²) < 4.78 is 5.54. The number of amides is 2. The number of hydrogen-bond donors (Lipinski definition) is 3. The van der Waals surface area contributed by atoms with Crippen molar-refractivity contribution in [3.8, 4) is 11.1 Å². The minimum absolute atomic E-state index is 0.0580. The van der Waals surface area contributed by atoms with Crippen LogP contribution < -0.4 is 10.6 Å². The topological polar surface area (TPSA) is 105 Å². The van der Waals surface area contributed by atoms with E-state index < -0.39 is 24.0 Å². The number of alkyl carbamates (subject to hydrolysis) is 1. The van der Waals surface area contributed by atoms with Crippen LogP contribution in [0.2, 0.25) is 0 Å². The average molecular weight is 449 g/mol. The molecule has 0 heterocycles. The molecule has 3 N–H and O–H groups in total. The molecule has 0 aliphatic heterocycles. The molecule has 7 heteroatoms. The van der Waals surface area contributed by atoms with Crippen molar-refractivity contribution in [1.82, 2.24) is 10.6 Å². The van der Waals surface area contributed by atoms with Crippen molar-refractivity contribution in [3.63, 3.8) is 0 Å². The fourth-order valence-electron chi connectivity index (χ4n) is 4.62. The van der Waals surface area contributed by atoms with Crippen molar-refractivity contribution in [3.05, 3.63) is 71.8 Å². The van der Waals surface area contributed by atoms with Gasteiger partial charge in [-0.1, -0.05) is 67.6 Å². The third-order valence-electron chi connectivity index (χ3n) is 6.36. The predicted molar refractivity (Wildman–Crippen MR) is 124 cm³/mol. The van der Waals surface area contributed by atoms with Crippen LogP contribution >= 0.6 is 0 Å². The molecule has 2 aromatic carbocycles. The van der Waals surface area contributed by atoms with Gasteiger partial charge in [0.2, 0.25) is 5.91 Å². The Bertz CT molecular complexity index is 1030. The fourth-order valence-corrected chi connectivity index (χ4v) is 4.62. The summed E-state index contributed by atoms with van der Waals surface area (Å²) in [5, 5.41) is 14.7. The SMILES string of the molecule is CCC(NC(=O)OCC1c2ccccc2-c2ccccc21)C(=O)N[C@H]1C=CC[C@H](C(=O)O)C1. The smallest absolute Gasteiger partial charge is 0.407 e. The van der Waals surface area contributed by atoms with E-state index in [9.17, 15) is 19.5 Å². The van der Waals surface area contributed by atoms with E-state index in [0.29, 0.717) is 19.3 Å². The molecule has 33 heavy (non-hydrogen) atoms. The maximum atomic E-state index is 12.7. The number of rotatable bonds is 7. The van der Waals surface area contributed by atoms with Gasteiger partial charge in [-0.25, -0.2) is 4.79 Å². The lowest BCUT2D eigenvalue weighted by atomic mass is 9.91. The van der Waals surface area contributed by atoms with Gasteiger partial charge < -0.3 is 20.5 Å². The zero-order valence-corrected chi connectivity index (χ0v) is 18.5. The summed E-state index contributed by atoms with van der Waals surface area (Å²) in [7, 11) is 0. The van der Waals surface area contributed by atoms with Gasteiger partial charge in [-0.3, -0.25) is 9.59 Å². The number of benzene rings is 2. The molecular weight excluding hydrogens is 420 g/mol. The highest BCUT2D eigenvalue weighted by atomic mass is 16.5. The van der Waals surface area contributed by atoms with Crippen LogP contribution in [0.1, 0.15) is 43.2 Å². The van der Waals surface area contributed by atoms with Gasteiger partial charge in [-0.05, 0) is 41.5 Å². The quantitative estimate of drug-likeness (QED) is 0.558. The Kier molecular flexibility index (Phi) is 6.77. The molecule has 172 valence electrons. The summed E-state index contributed by atoms with van der Waals surface area (Å²) in [5.41, 5.74) is 4.53. The molecule has 0 radical (unpaired) electrons. The molecule has 2 amide bonds. The second-order valence-corrected chi connectivity index (χ2v) is 8.48. The van der Waals surface area contributed by atoms with Gasteiger partial charge in [0.15, 0.2) is 0 Å². The lowest BCUT2D eigenvalue weighted by molar-refractivity contribution is -0.142. The summed E-state index contributed by atoms with van der Waals surface area (Å²) >= 11 is 0. The number of allylic oxidation sites excluding steroid dienone is 1. The number of aliphatic carboxylic acids is 1. The molecule has 0 aromatic heterocycles. The summed E-state index contributed by atoms with van der Waals surface area (Å²) in [6.45, 7) is 1.97. The Balaban J connectivity index is 1.34. The number of ether oxygens (including phenoxy) is 1. The molecule has 0 fully saturated rings. The van der Waals surface area contributed by atoms with Crippen LogP contribution in [-0.2, 0) is 14.3 Å². The van der Waals surface area contributed by atoms with Gasteiger partial charge in [0.05, 0.1) is 5.92 Å². The second kappa shape index (κ2) is 9.90. The number of carboxylic acid groups (broad SMARTS) is 1. The van der Waals surface area contributed by atoms with Crippen LogP contribution in [0.5, 0.6) is 0 Å². The molecule has 2 aliphatic rings. The lowest BCUT2D eigenvalue weighted by Gasteiger charge is -2.25. The number of carboxylic acids is 1. The van der Waals surface area contributed by atoms with E-state index in [1.807, 2.05) is 36.4 Å². The van der Waals surface area contributed by atoms with Gasteiger partial charge in [0, 0.05) is 12.0 Å². The highest BCUT2D eigenvalue weighted by Gasteiger charge is 2.30. The third-order valence-corrected chi connectivity index (χ3v) is 6.36. The first-order valence-corrected chi connectivity index (χ1v) is 11.3. The van der Waals surface area contributed by atoms with E-state index in [4.69, 9.17) is 4.74 Å². The van der Waals surface area contributed by atoms with Crippen LogP contribution in [0.3, 0.4) is 0 Å². The van der Waals surface area contributed by atoms with E-state index in [1.54, 1.807) is 19.1 Å². The minimum atomic E-state index is -0.873. The van der Waals surface area contributed by atoms with Gasteiger partial charge in [0.1, 0.15) is 12.6 Å². The maximum absolute atomic E-state index is 12.7. The van der Waals surface area contributed by atoms with E-state index in [2.05, 4.69) is 22.8 Å². The zero-order valence-electron chi connectivity index (χ0n) is 18.5. The van der Waals surface area contributed by atoms with Crippen molar-refractivity contribution in [2.45, 2.75) is 44.2 Å². The van der Waals surface area contributed by atoms with E-state index in [-0.39, 0.29) is 24.5 Å². The highest BCUT2D eigenvalue weighted by Crippen LogP contribution is 2.44. The molecule has 3 atom stereocenters. The lowest BCUT2D eigenvalue weighted by Crippen LogP contribution is -2.50. The Morgan fingerprint density at radius 2 is 1.70 bits per heavy atom. The third kappa shape index (κ3) is 4.92. The Morgan fingerprint density at radius 3 is 2.30 bits per heavy atom. The Labute approximate surface area is 192 Å². The molecule has 4 rings (SSSR count). The van der Waals surface area contributed by atoms with Crippen LogP contribution in [0.4, 0.5) is 4.79 Å². The van der Waals surface area contributed by atoms with Crippen molar-refractivity contribution in [1.29, 1.82) is 0 Å². The van der Waals surface area contributed by atoms with E-state index in [0.717, 1.165) is 22.3 Å². The van der Waals surface area contributed by atoms with Gasteiger partial charge >= 0.3 is 12.1 Å². The largest absolute Gasteiger partial charge is 0.481 e. The van der Waals surface area contributed by atoms with Crippen LogP contribution in [-0.4, -0.2) is 41.8 Å². The van der Waals surface area contributed by atoms with Crippen molar-refractivity contribution < 1.29 is 24.2 Å². The maximum Gasteiger partial charge on any atom is 0.407 e. The number of nitrogens with one attached hydrogen (secondary N) is 2. The number of fused-ring (bicyclic) bond motifs is 3. The number of carbonyl (C=O) groups excluding carboxylic acids is 2. The van der Waals surface area contributed by atoms with Crippen LogP contribution in [0.25, 0.3) is 11.1 Å². The molecule has 2 aliphatic carbocycles.